The maximum absolute atomic E-state index is 13.7. The molecule has 1 aliphatic heterocycles. The lowest BCUT2D eigenvalue weighted by atomic mass is 10.1. The summed E-state index contributed by atoms with van der Waals surface area (Å²) in [5.74, 6) is 0.546. The number of rotatable bonds is 6. The van der Waals surface area contributed by atoms with Gasteiger partial charge >= 0.3 is 0 Å². The fraction of sp³-hybridized carbons (Fsp3) is 0.429. The highest BCUT2D eigenvalue weighted by molar-refractivity contribution is 7.99. The largest absolute Gasteiger partial charge is 0.355 e. The van der Waals surface area contributed by atoms with Gasteiger partial charge in [0, 0.05) is 32.2 Å². The number of thioether (sulfide) groups is 1. The molecule has 29 heavy (non-hydrogen) atoms. The first-order valence-corrected chi connectivity index (χ1v) is 11.3. The molecule has 0 N–H and O–H groups in total. The topological polar surface area (TPSA) is 56.6 Å². The number of hydrogen-bond donors (Lipinski definition) is 0. The summed E-state index contributed by atoms with van der Waals surface area (Å²) >= 11 is 3.12. The molecule has 0 spiro atoms. The van der Waals surface area contributed by atoms with Crippen LogP contribution in [0.4, 0.5) is 0 Å². The Morgan fingerprint density at radius 3 is 2.66 bits per heavy atom. The molecule has 0 amide bonds. The summed E-state index contributed by atoms with van der Waals surface area (Å²) < 4.78 is 12.4. The molecular formula is C21H25N3O3S2. The Morgan fingerprint density at radius 1 is 1.24 bits per heavy atom. The Hall–Kier alpha value is -1.71. The van der Waals surface area contributed by atoms with Gasteiger partial charge in [-0.05, 0) is 38.1 Å². The van der Waals surface area contributed by atoms with Crippen LogP contribution in [0.3, 0.4) is 0 Å². The molecule has 0 saturated carbocycles. The molecule has 3 aromatic rings. The summed E-state index contributed by atoms with van der Waals surface area (Å²) in [7, 11) is 5.34. The van der Waals surface area contributed by atoms with Gasteiger partial charge in [-0.25, -0.2) is 4.98 Å². The molecule has 8 heteroatoms. The number of nitrogens with zero attached hydrogens (tertiary/aromatic N) is 3. The van der Waals surface area contributed by atoms with E-state index in [1.165, 1.54) is 22.2 Å². The van der Waals surface area contributed by atoms with Gasteiger partial charge in [0.25, 0.3) is 5.56 Å². The van der Waals surface area contributed by atoms with E-state index in [0.29, 0.717) is 10.9 Å². The summed E-state index contributed by atoms with van der Waals surface area (Å²) in [5, 5.41) is 1.44. The zero-order valence-corrected chi connectivity index (χ0v) is 18.7. The lowest BCUT2D eigenvalue weighted by Crippen LogP contribution is -2.27. The summed E-state index contributed by atoms with van der Waals surface area (Å²) in [5.41, 5.74) is 3.16. The quantitative estimate of drug-likeness (QED) is 0.339. The highest BCUT2D eigenvalue weighted by Crippen LogP contribution is 2.34. The van der Waals surface area contributed by atoms with Crippen LogP contribution in [0.25, 0.3) is 15.9 Å². The van der Waals surface area contributed by atoms with E-state index in [-0.39, 0.29) is 11.8 Å². The summed E-state index contributed by atoms with van der Waals surface area (Å²) in [6.45, 7) is 3.87. The molecule has 1 aromatic carbocycles. The van der Waals surface area contributed by atoms with Gasteiger partial charge < -0.3 is 14.4 Å². The van der Waals surface area contributed by atoms with Crippen molar-refractivity contribution in [3.63, 3.8) is 0 Å². The fourth-order valence-corrected chi connectivity index (χ4v) is 5.92. The van der Waals surface area contributed by atoms with E-state index in [0.717, 1.165) is 41.0 Å². The Morgan fingerprint density at radius 2 is 1.97 bits per heavy atom. The molecule has 0 bridgehead atoms. The second kappa shape index (κ2) is 8.57. The number of aromatic nitrogens is 2. The monoisotopic (exact) mass is 431 g/mol. The van der Waals surface area contributed by atoms with Gasteiger partial charge in [0.05, 0.1) is 16.8 Å². The second-order valence-corrected chi connectivity index (χ2v) is 9.32. The Labute approximate surface area is 178 Å². The zero-order chi connectivity index (χ0) is 20.5. The van der Waals surface area contributed by atoms with Gasteiger partial charge in [-0.2, -0.15) is 0 Å². The molecule has 0 fully saturated rings. The van der Waals surface area contributed by atoms with Gasteiger partial charge in [-0.1, -0.05) is 29.5 Å². The van der Waals surface area contributed by atoms with E-state index in [4.69, 9.17) is 14.5 Å². The molecule has 2 aromatic heterocycles. The predicted octanol–water partition coefficient (Wildman–Crippen LogP) is 3.45. The van der Waals surface area contributed by atoms with Crippen molar-refractivity contribution >= 4 is 33.3 Å². The van der Waals surface area contributed by atoms with Gasteiger partial charge in [-0.15, -0.1) is 11.3 Å². The van der Waals surface area contributed by atoms with Crippen molar-refractivity contribution in [1.29, 1.82) is 0 Å². The van der Waals surface area contributed by atoms with E-state index >= 15 is 0 Å². The van der Waals surface area contributed by atoms with Crippen LogP contribution in [0, 0.1) is 6.92 Å². The molecule has 0 saturated heterocycles. The van der Waals surface area contributed by atoms with Gasteiger partial charge in [0.1, 0.15) is 4.83 Å². The SMILES string of the molecule is COC(CSc1nc2sc3c(c2c(=O)n1-c1ccc(C)cc1)CCN(C)C3)OC. The lowest BCUT2D eigenvalue weighted by molar-refractivity contribution is -0.0842. The number of ether oxygens (including phenoxy) is 2. The number of aryl methyl sites for hydroxylation is 1. The minimum Gasteiger partial charge on any atom is -0.355 e. The van der Waals surface area contributed by atoms with Crippen LogP contribution in [0.1, 0.15) is 16.0 Å². The van der Waals surface area contributed by atoms with Crippen molar-refractivity contribution in [3.05, 3.63) is 50.6 Å². The first kappa shape index (κ1) is 20.6. The van der Waals surface area contributed by atoms with E-state index in [1.54, 1.807) is 30.1 Å². The van der Waals surface area contributed by atoms with Crippen LogP contribution in [0.5, 0.6) is 0 Å². The van der Waals surface area contributed by atoms with Crippen molar-refractivity contribution in [1.82, 2.24) is 14.5 Å². The van der Waals surface area contributed by atoms with E-state index in [2.05, 4.69) is 11.9 Å². The van der Waals surface area contributed by atoms with Gasteiger partial charge in [-0.3, -0.25) is 9.36 Å². The molecule has 0 aliphatic carbocycles. The molecule has 6 nitrogen and oxygen atoms in total. The van der Waals surface area contributed by atoms with Crippen molar-refractivity contribution in [2.75, 3.05) is 33.6 Å². The first-order chi connectivity index (χ1) is 14.0. The van der Waals surface area contributed by atoms with Gasteiger partial charge in [0.2, 0.25) is 0 Å². The van der Waals surface area contributed by atoms with Crippen molar-refractivity contribution < 1.29 is 9.47 Å². The summed E-state index contributed by atoms with van der Waals surface area (Å²) in [4.78, 5) is 23.0. The van der Waals surface area contributed by atoms with Crippen molar-refractivity contribution in [3.8, 4) is 5.69 Å². The average Bonchev–Trinajstić information content (AvgIpc) is 3.07. The van der Waals surface area contributed by atoms with E-state index < -0.39 is 0 Å². The van der Waals surface area contributed by atoms with Crippen LogP contribution >= 0.6 is 23.1 Å². The number of methoxy groups -OCH3 is 2. The van der Waals surface area contributed by atoms with E-state index in [1.807, 2.05) is 31.2 Å². The molecule has 0 unspecified atom stereocenters. The third-order valence-corrected chi connectivity index (χ3v) is 7.28. The third-order valence-electron chi connectivity index (χ3n) is 5.20. The molecule has 0 atom stereocenters. The van der Waals surface area contributed by atoms with E-state index in [9.17, 15) is 4.79 Å². The lowest BCUT2D eigenvalue weighted by Gasteiger charge is -2.21. The molecule has 4 rings (SSSR count). The zero-order valence-electron chi connectivity index (χ0n) is 17.1. The number of fused-ring (bicyclic) bond motifs is 3. The van der Waals surface area contributed by atoms with Crippen LogP contribution in [0.15, 0.2) is 34.2 Å². The smallest absolute Gasteiger partial charge is 0.267 e. The number of benzene rings is 1. The van der Waals surface area contributed by atoms with Gasteiger partial charge in [0.15, 0.2) is 11.4 Å². The molecule has 0 radical (unpaired) electrons. The second-order valence-electron chi connectivity index (χ2n) is 7.25. The summed E-state index contributed by atoms with van der Waals surface area (Å²) in [6, 6.07) is 7.99. The number of hydrogen-bond acceptors (Lipinski definition) is 7. The highest BCUT2D eigenvalue weighted by atomic mass is 32.2. The minimum absolute atomic E-state index is 0.00906. The molecular weight excluding hydrogens is 406 g/mol. The molecule has 3 heterocycles. The molecule has 154 valence electrons. The average molecular weight is 432 g/mol. The normalized spacial score (nSPS) is 14.7. The number of likely N-dealkylation sites (N-methyl/N-ethyl adjacent to an activating group) is 1. The Kier molecular flexibility index (Phi) is 6.08. The first-order valence-electron chi connectivity index (χ1n) is 9.53. The highest BCUT2D eigenvalue weighted by Gasteiger charge is 2.24. The van der Waals surface area contributed by atoms with Crippen LogP contribution in [-0.4, -0.2) is 54.3 Å². The van der Waals surface area contributed by atoms with Crippen LogP contribution in [0.2, 0.25) is 0 Å². The molecule has 1 aliphatic rings. The summed E-state index contributed by atoms with van der Waals surface area (Å²) in [6.07, 6.45) is 0.530. The van der Waals surface area contributed by atoms with Crippen molar-refractivity contribution in [2.24, 2.45) is 0 Å². The predicted molar refractivity (Wildman–Crippen MR) is 119 cm³/mol. The Bertz CT molecular complexity index is 1070. The minimum atomic E-state index is -0.357. The third kappa shape index (κ3) is 4.00. The maximum Gasteiger partial charge on any atom is 0.267 e. The standard InChI is InChI=1S/C21H25N3O3S2/c1-13-5-7-14(8-6-13)24-20(25)18-15-9-10-23(2)11-16(15)29-19(18)22-21(24)28-12-17(26-3)27-4/h5-8,17H,9-12H2,1-4H3. The number of thiophene rings is 1. The van der Waals surface area contributed by atoms with Crippen LogP contribution < -0.4 is 5.56 Å². The maximum atomic E-state index is 13.7. The van der Waals surface area contributed by atoms with Crippen LogP contribution in [-0.2, 0) is 22.4 Å². The van der Waals surface area contributed by atoms with Crippen molar-refractivity contribution in [2.45, 2.75) is 31.3 Å². The Balaban J connectivity index is 1.88. The fourth-order valence-electron chi connectivity index (χ4n) is 3.54.